The van der Waals surface area contributed by atoms with Crippen molar-refractivity contribution >= 4 is 28.3 Å². The highest BCUT2D eigenvalue weighted by Gasteiger charge is 2.30. The van der Waals surface area contributed by atoms with Crippen LogP contribution in [0.3, 0.4) is 0 Å². The van der Waals surface area contributed by atoms with Gasteiger partial charge in [-0.1, -0.05) is 12.1 Å². The summed E-state index contributed by atoms with van der Waals surface area (Å²) in [7, 11) is -3.86. The molecule has 10 heteroatoms. The van der Waals surface area contributed by atoms with Crippen molar-refractivity contribution in [1.29, 1.82) is 0 Å². The molecule has 0 radical (unpaired) electrons. The number of aromatic nitrogens is 1. The lowest BCUT2D eigenvalue weighted by Crippen LogP contribution is -2.53. The highest BCUT2D eigenvalue weighted by atomic mass is 35.5. The molecule has 1 saturated heterocycles. The van der Waals surface area contributed by atoms with Gasteiger partial charge in [0.2, 0.25) is 15.9 Å². The van der Waals surface area contributed by atoms with E-state index in [0.29, 0.717) is 5.92 Å². The van der Waals surface area contributed by atoms with Gasteiger partial charge < -0.3 is 15.2 Å². The van der Waals surface area contributed by atoms with Crippen molar-refractivity contribution in [2.45, 2.75) is 51.1 Å². The van der Waals surface area contributed by atoms with Crippen LogP contribution in [-0.4, -0.2) is 44.7 Å². The third-order valence-electron chi connectivity index (χ3n) is 4.07. The summed E-state index contributed by atoms with van der Waals surface area (Å²) in [6.45, 7) is 8.33. The van der Waals surface area contributed by atoms with Crippen LogP contribution in [0, 0.1) is 19.8 Å². The second-order valence-corrected chi connectivity index (χ2v) is 7.73. The number of halogens is 1. The average Bonchev–Trinajstić information content (AvgIpc) is 2.80. The van der Waals surface area contributed by atoms with Crippen molar-refractivity contribution in [1.82, 2.24) is 20.5 Å². The third kappa shape index (κ3) is 4.69. The van der Waals surface area contributed by atoms with E-state index in [4.69, 9.17) is 4.52 Å². The van der Waals surface area contributed by atoms with Crippen molar-refractivity contribution in [2.24, 2.45) is 5.92 Å². The van der Waals surface area contributed by atoms with Crippen LogP contribution < -0.4 is 15.4 Å². The maximum atomic E-state index is 12.4. The van der Waals surface area contributed by atoms with Gasteiger partial charge in [0.1, 0.15) is 10.6 Å². The SMILES string of the molecule is Cc1noc(C)c1S(=O)(=O)NC(C)C(=O)NC1CCNCC1C.Cl. The normalized spacial score (nSPS) is 22.5. The lowest BCUT2D eigenvalue weighted by Gasteiger charge is -2.31. The van der Waals surface area contributed by atoms with Gasteiger partial charge in [-0.2, -0.15) is 4.72 Å². The zero-order chi connectivity index (χ0) is 17.2. The average molecular weight is 381 g/mol. The third-order valence-corrected chi connectivity index (χ3v) is 5.86. The summed E-state index contributed by atoms with van der Waals surface area (Å²) in [5, 5.41) is 9.81. The van der Waals surface area contributed by atoms with E-state index >= 15 is 0 Å². The van der Waals surface area contributed by atoms with Crippen LogP contribution in [-0.2, 0) is 14.8 Å². The quantitative estimate of drug-likeness (QED) is 0.685. The second kappa shape index (κ2) is 8.28. The summed E-state index contributed by atoms with van der Waals surface area (Å²) >= 11 is 0. The fourth-order valence-electron chi connectivity index (χ4n) is 2.74. The molecule has 1 aliphatic heterocycles. The van der Waals surface area contributed by atoms with Gasteiger partial charge in [-0.25, -0.2) is 8.42 Å². The van der Waals surface area contributed by atoms with Crippen molar-refractivity contribution < 1.29 is 17.7 Å². The zero-order valence-electron chi connectivity index (χ0n) is 14.3. The minimum Gasteiger partial charge on any atom is -0.360 e. The molecule has 0 spiro atoms. The molecule has 0 bridgehead atoms. The van der Waals surface area contributed by atoms with Crippen LogP contribution in [0.15, 0.2) is 9.42 Å². The van der Waals surface area contributed by atoms with E-state index in [2.05, 4.69) is 27.4 Å². The number of rotatable bonds is 5. The molecule has 2 rings (SSSR count). The fraction of sp³-hybridized carbons (Fsp3) is 0.714. The first-order chi connectivity index (χ1) is 10.7. The van der Waals surface area contributed by atoms with Crippen molar-refractivity contribution in [3.63, 3.8) is 0 Å². The maximum Gasteiger partial charge on any atom is 0.246 e. The Morgan fingerprint density at radius 2 is 2.08 bits per heavy atom. The predicted octanol–water partition coefficient (Wildman–Crippen LogP) is 0.494. The molecule has 3 atom stereocenters. The van der Waals surface area contributed by atoms with Gasteiger partial charge in [0.05, 0.1) is 6.04 Å². The summed E-state index contributed by atoms with van der Waals surface area (Å²) in [5.41, 5.74) is 0.273. The molecule has 24 heavy (non-hydrogen) atoms. The van der Waals surface area contributed by atoms with E-state index in [9.17, 15) is 13.2 Å². The van der Waals surface area contributed by atoms with Crippen LogP contribution in [0.25, 0.3) is 0 Å². The van der Waals surface area contributed by atoms with Crippen molar-refractivity contribution in [2.75, 3.05) is 13.1 Å². The molecule has 8 nitrogen and oxygen atoms in total. The van der Waals surface area contributed by atoms with Crippen LogP contribution in [0.5, 0.6) is 0 Å². The molecule has 3 N–H and O–H groups in total. The monoisotopic (exact) mass is 380 g/mol. The van der Waals surface area contributed by atoms with Gasteiger partial charge in [0.15, 0.2) is 5.76 Å². The highest BCUT2D eigenvalue weighted by molar-refractivity contribution is 7.89. The van der Waals surface area contributed by atoms with E-state index in [1.54, 1.807) is 6.92 Å². The molecule has 0 aliphatic carbocycles. The van der Waals surface area contributed by atoms with Crippen LogP contribution in [0.4, 0.5) is 0 Å². The molecular weight excluding hydrogens is 356 g/mol. The van der Waals surface area contributed by atoms with Gasteiger partial charge in [-0.3, -0.25) is 4.79 Å². The van der Waals surface area contributed by atoms with Crippen LogP contribution in [0.1, 0.15) is 31.7 Å². The second-order valence-electron chi connectivity index (χ2n) is 6.08. The minimum atomic E-state index is -3.86. The zero-order valence-corrected chi connectivity index (χ0v) is 15.9. The van der Waals surface area contributed by atoms with Crippen LogP contribution in [0.2, 0.25) is 0 Å². The van der Waals surface area contributed by atoms with Gasteiger partial charge in [0, 0.05) is 6.04 Å². The molecule has 1 fully saturated rings. The number of carbonyl (C=O) groups excluding carboxylic acids is 1. The van der Waals surface area contributed by atoms with Crippen molar-refractivity contribution in [3.05, 3.63) is 11.5 Å². The smallest absolute Gasteiger partial charge is 0.246 e. The topological polar surface area (TPSA) is 113 Å². The first-order valence-electron chi connectivity index (χ1n) is 7.68. The van der Waals surface area contributed by atoms with E-state index in [1.807, 2.05) is 0 Å². The summed E-state index contributed by atoms with van der Waals surface area (Å²) in [5.74, 6) is 0.174. The molecule has 3 unspecified atom stereocenters. The molecule has 1 aliphatic rings. The minimum absolute atomic E-state index is 0. The maximum absolute atomic E-state index is 12.4. The summed E-state index contributed by atoms with van der Waals surface area (Å²) < 4.78 is 32.1. The molecule has 1 amide bonds. The largest absolute Gasteiger partial charge is 0.360 e. The number of amides is 1. The van der Waals surface area contributed by atoms with Crippen LogP contribution >= 0.6 is 12.4 Å². The van der Waals surface area contributed by atoms with Gasteiger partial charge >= 0.3 is 0 Å². The lowest BCUT2D eigenvalue weighted by atomic mass is 9.95. The Labute approximate surface area is 148 Å². The Bertz CT molecular complexity index is 657. The lowest BCUT2D eigenvalue weighted by molar-refractivity contribution is -0.123. The Hall–Kier alpha value is -1.16. The summed E-state index contributed by atoms with van der Waals surface area (Å²) in [6.07, 6.45) is 0.830. The first-order valence-corrected chi connectivity index (χ1v) is 9.17. The number of aryl methyl sites for hydroxylation is 2. The predicted molar refractivity (Wildman–Crippen MR) is 91.6 cm³/mol. The van der Waals surface area contributed by atoms with Crippen molar-refractivity contribution in [3.8, 4) is 0 Å². The highest BCUT2D eigenvalue weighted by Crippen LogP contribution is 2.19. The molecular formula is C14H25ClN4O4S. The Morgan fingerprint density at radius 1 is 1.42 bits per heavy atom. The number of nitrogens with one attached hydrogen (secondary N) is 3. The summed E-state index contributed by atoms with van der Waals surface area (Å²) in [4.78, 5) is 12.3. The number of sulfonamides is 1. The van der Waals surface area contributed by atoms with Gasteiger partial charge in [0.25, 0.3) is 0 Å². The number of hydrogen-bond acceptors (Lipinski definition) is 6. The number of nitrogens with zero attached hydrogens (tertiary/aromatic N) is 1. The Kier molecular flexibility index (Phi) is 7.21. The van der Waals surface area contributed by atoms with Gasteiger partial charge in [-0.15, -0.1) is 12.4 Å². The molecule has 2 heterocycles. The number of hydrogen-bond donors (Lipinski definition) is 3. The standard InChI is InChI=1S/C14H24N4O4S.ClH/c1-8-7-15-6-5-12(8)16-14(19)10(3)18-23(20,21)13-9(2)17-22-11(13)4;/h8,10,12,15,18H,5-7H2,1-4H3,(H,16,19);1H. The first kappa shape index (κ1) is 20.9. The van der Waals surface area contributed by atoms with E-state index in [-0.39, 0.29) is 40.7 Å². The van der Waals surface area contributed by atoms with Gasteiger partial charge in [-0.05, 0) is 46.2 Å². The number of carbonyl (C=O) groups is 1. The molecule has 1 aromatic heterocycles. The number of piperidine rings is 1. The molecule has 138 valence electrons. The Balaban J connectivity index is 0.00000288. The molecule has 0 saturated carbocycles. The fourth-order valence-corrected chi connectivity index (χ4v) is 4.27. The summed E-state index contributed by atoms with van der Waals surface area (Å²) in [6, 6.07) is -0.828. The van der Waals surface area contributed by atoms with E-state index in [0.717, 1.165) is 19.5 Å². The Morgan fingerprint density at radius 3 is 2.62 bits per heavy atom. The molecule has 0 aromatic carbocycles. The van der Waals surface area contributed by atoms with E-state index < -0.39 is 16.1 Å². The van der Waals surface area contributed by atoms with E-state index in [1.165, 1.54) is 13.8 Å². The molecule has 1 aromatic rings.